The lowest BCUT2D eigenvalue weighted by Gasteiger charge is -2.51. The Morgan fingerprint density at radius 1 is 0.636 bits per heavy atom. The smallest absolute Gasteiger partial charge is 0.125 e. The van der Waals surface area contributed by atoms with Crippen molar-refractivity contribution in [2.45, 2.75) is 11.1 Å². The molecule has 0 saturated carbocycles. The van der Waals surface area contributed by atoms with Crippen LogP contribution in [0.2, 0.25) is 0 Å². The van der Waals surface area contributed by atoms with Crippen molar-refractivity contribution in [2.75, 3.05) is 6.66 Å². The third-order valence-electron chi connectivity index (χ3n) is 7.72. The quantitative estimate of drug-likeness (QED) is 0.289. The van der Waals surface area contributed by atoms with Gasteiger partial charge >= 0.3 is 0 Å². The van der Waals surface area contributed by atoms with E-state index in [9.17, 15) is 4.57 Å². The average Bonchev–Trinajstić information content (AvgIpc) is 3.13. The van der Waals surface area contributed by atoms with Crippen molar-refractivity contribution in [3.8, 4) is 0 Å². The van der Waals surface area contributed by atoms with E-state index in [1.165, 1.54) is 39.0 Å². The van der Waals surface area contributed by atoms with Gasteiger partial charge in [-0.05, 0) is 62.6 Å². The Morgan fingerprint density at radius 3 is 1.70 bits per heavy atom. The van der Waals surface area contributed by atoms with E-state index in [1.807, 2.05) is 12.7 Å². The van der Waals surface area contributed by atoms with E-state index in [-0.39, 0.29) is 5.92 Å². The molecule has 1 aliphatic heterocycles. The number of hydrogen-bond donors (Lipinski definition) is 0. The SMILES string of the molecule is CP1(=O)C=C(c2ccccc2)C2=C(c3ccccc3)C3c4ccccc4C21c1ccccc13. The molecule has 1 nitrogen and oxygen atoms in total. The summed E-state index contributed by atoms with van der Waals surface area (Å²) in [6.45, 7) is 1.99. The van der Waals surface area contributed by atoms with E-state index in [0.717, 1.165) is 11.1 Å². The van der Waals surface area contributed by atoms with Crippen molar-refractivity contribution in [3.05, 3.63) is 154 Å². The number of rotatable bonds is 2. The van der Waals surface area contributed by atoms with Crippen LogP contribution in [-0.2, 0) is 9.72 Å². The van der Waals surface area contributed by atoms with Gasteiger partial charge in [0.1, 0.15) is 12.3 Å². The first-order valence-corrected chi connectivity index (χ1v) is 13.7. The van der Waals surface area contributed by atoms with Crippen molar-refractivity contribution in [3.63, 3.8) is 0 Å². The Balaban J connectivity index is 1.70. The Hall–Kier alpha value is -3.41. The van der Waals surface area contributed by atoms with Gasteiger partial charge in [0, 0.05) is 5.92 Å². The first-order chi connectivity index (χ1) is 16.1. The Morgan fingerprint density at radius 2 is 1.12 bits per heavy atom. The van der Waals surface area contributed by atoms with Crippen LogP contribution in [0.4, 0.5) is 0 Å². The van der Waals surface area contributed by atoms with E-state index in [0.29, 0.717) is 0 Å². The third kappa shape index (κ3) is 2.26. The molecular weight excluding hydrogens is 419 g/mol. The van der Waals surface area contributed by atoms with Crippen LogP contribution in [0.15, 0.2) is 121 Å². The van der Waals surface area contributed by atoms with Gasteiger partial charge in [0.25, 0.3) is 0 Å². The van der Waals surface area contributed by atoms with Gasteiger partial charge in [0.2, 0.25) is 0 Å². The normalized spacial score (nSPS) is 26.5. The molecule has 1 spiro atoms. The summed E-state index contributed by atoms with van der Waals surface area (Å²) < 4.78 is 14.9. The van der Waals surface area contributed by atoms with Gasteiger partial charge in [-0.15, -0.1) is 0 Å². The molecule has 8 rings (SSSR count). The number of hydrogen-bond acceptors (Lipinski definition) is 1. The molecule has 2 heteroatoms. The average molecular weight is 442 g/mol. The standard InChI is InChI=1S/C31H23OP/c1-33(32)20-25(21-12-4-2-5-13-21)30-28(22-14-6-3-7-15-22)29-23-16-8-10-18-26(23)31(30,33)27-19-11-9-17-24(27)29/h2-20,29H,1H3. The first-order valence-electron chi connectivity index (χ1n) is 11.5. The van der Waals surface area contributed by atoms with Gasteiger partial charge in [-0.25, -0.2) is 0 Å². The van der Waals surface area contributed by atoms with Gasteiger partial charge in [-0.1, -0.05) is 109 Å². The molecule has 0 aromatic heterocycles. The zero-order valence-corrected chi connectivity index (χ0v) is 19.3. The van der Waals surface area contributed by atoms with Gasteiger partial charge in [-0.3, -0.25) is 0 Å². The highest BCUT2D eigenvalue weighted by molar-refractivity contribution is 7.69. The van der Waals surface area contributed by atoms with Crippen LogP contribution < -0.4 is 0 Å². The van der Waals surface area contributed by atoms with Gasteiger partial charge in [0.05, 0.1) is 0 Å². The Kier molecular flexibility index (Phi) is 3.80. The maximum Gasteiger partial charge on any atom is 0.125 e. The Bertz CT molecular complexity index is 1490. The minimum atomic E-state index is -2.83. The zero-order valence-electron chi connectivity index (χ0n) is 18.4. The molecule has 33 heavy (non-hydrogen) atoms. The largest absolute Gasteiger partial charge is 0.318 e. The van der Waals surface area contributed by atoms with E-state index >= 15 is 0 Å². The lowest BCUT2D eigenvalue weighted by molar-refractivity contribution is 0.565. The van der Waals surface area contributed by atoms with Crippen LogP contribution in [-0.4, -0.2) is 6.66 Å². The van der Waals surface area contributed by atoms with Crippen molar-refractivity contribution in [2.24, 2.45) is 0 Å². The molecule has 4 aliphatic rings. The summed E-state index contributed by atoms with van der Waals surface area (Å²) in [5, 5.41) is -0.648. The fraction of sp³-hybridized carbons (Fsp3) is 0.0968. The van der Waals surface area contributed by atoms with E-state index in [4.69, 9.17) is 0 Å². The monoisotopic (exact) mass is 442 g/mol. The van der Waals surface area contributed by atoms with Crippen LogP contribution in [0.1, 0.15) is 39.3 Å². The predicted molar refractivity (Wildman–Crippen MR) is 137 cm³/mol. The van der Waals surface area contributed by atoms with E-state index < -0.39 is 12.3 Å². The summed E-state index contributed by atoms with van der Waals surface area (Å²) in [5.74, 6) is 2.24. The minimum absolute atomic E-state index is 0.127. The molecule has 158 valence electrons. The highest BCUT2D eigenvalue weighted by Gasteiger charge is 2.63. The maximum absolute atomic E-state index is 14.9. The summed E-state index contributed by atoms with van der Waals surface area (Å²) in [7, 11) is -2.83. The second-order valence-corrected chi connectivity index (χ2v) is 12.3. The highest BCUT2D eigenvalue weighted by atomic mass is 31.2. The maximum atomic E-state index is 14.9. The van der Waals surface area contributed by atoms with Crippen LogP contribution >= 0.6 is 7.14 Å². The molecule has 0 N–H and O–H groups in total. The van der Waals surface area contributed by atoms with Crippen molar-refractivity contribution in [1.29, 1.82) is 0 Å². The van der Waals surface area contributed by atoms with E-state index in [1.54, 1.807) is 0 Å². The van der Waals surface area contributed by atoms with Gasteiger partial charge < -0.3 is 4.57 Å². The second kappa shape index (κ2) is 6.56. The number of benzene rings is 4. The van der Waals surface area contributed by atoms with Crippen molar-refractivity contribution < 1.29 is 4.57 Å². The molecule has 1 atom stereocenters. The first kappa shape index (κ1) is 19.1. The minimum Gasteiger partial charge on any atom is -0.318 e. The molecule has 0 fully saturated rings. The summed E-state index contributed by atoms with van der Waals surface area (Å²) >= 11 is 0. The van der Waals surface area contributed by atoms with Crippen LogP contribution in [0.3, 0.4) is 0 Å². The molecule has 3 aliphatic carbocycles. The molecule has 1 heterocycles. The lowest BCUT2D eigenvalue weighted by atomic mass is 9.58. The molecule has 0 amide bonds. The van der Waals surface area contributed by atoms with E-state index in [2.05, 4.69) is 109 Å². The molecule has 0 radical (unpaired) electrons. The highest BCUT2D eigenvalue weighted by Crippen LogP contribution is 2.81. The summed E-state index contributed by atoms with van der Waals surface area (Å²) in [6.07, 6.45) is 0. The predicted octanol–water partition coefficient (Wildman–Crippen LogP) is 7.89. The lowest BCUT2D eigenvalue weighted by Crippen LogP contribution is -2.40. The van der Waals surface area contributed by atoms with Crippen LogP contribution in [0.5, 0.6) is 0 Å². The van der Waals surface area contributed by atoms with Gasteiger partial charge in [0.15, 0.2) is 0 Å². The third-order valence-corrected chi connectivity index (χ3v) is 10.5. The topological polar surface area (TPSA) is 17.1 Å². The second-order valence-electron chi connectivity index (χ2n) is 9.37. The van der Waals surface area contributed by atoms with Gasteiger partial charge in [-0.2, -0.15) is 0 Å². The summed E-state index contributed by atoms with van der Waals surface area (Å²) in [5.41, 5.74) is 11.1. The van der Waals surface area contributed by atoms with Crippen molar-refractivity contribution in [1.82, 2.24) is 0 Å². The summed E-state index contributed by atoms with van der Waals surface area (Å²) in [6, 6.07) is 38.6. The molecule has 2 bridgehead atoms. The fourth-order valence-corrected chi connectivity index (χ4v) is 9.62. The van der Waals surface area contributed by atoms with Crippen LogP contribution in [0, 0.1) is 0 Å². The molecule has 0 saturated heterocycles. The summed E-state index contributed by atoms with van der Waals surface area (Å²) in [4.78, 5) is 0. The fourth-order valence-electron chi connectivity index (χ4n) is 6.60. The molecule has 1 unspecified atom stereocenters. The molecule has 4 aromatic rings. The Labute approximate surface area is 194 Å². The van der Waals surface area contributed by atoms with Crippen molar-refractivity contribution >= 4 is 18.3 Å². The number of allylic oxidation sites excluding steroid dienone is 3. The van der Waals surface area contributed by atoms with Crippen LogP contribution in [0.25, 0.3) is 11.1 Å². The zero-order chi connectivity index (χ0) is 22.2. The molecular formula is C31H23OP. The molecule has 4 aromatic carbocycles.